The van der Waals surface area contributed by atoms with Crippen molar-refractivity contribution >= 4 is 23.7 Å². The molecule has 3 amide bonds. The fourth-order valence-electron chi connectivity index (χ4n) is 3.30. The third kappa shape index (κ3) is 6.66. The number of aliphatic hydroxyl groups is 1. The molecule has 0 radical (unpaired) electrons. The number of aromatic hydroxyl groups is 1. The molecule has 0 saturated carbocycles. The van der Waals surface area contributed by atoms with Gasteiger partial charge in [-0.25, -0.2) is 4.79 Å². The van der Waals surface area contributed by atoms with Crippen molar-refractivity contribution in [2.75, 3.05) is 13.1 Å². The van der Waals surface area contributed by atoms with Gasteiger partial charge < -0.3 is 36.6 Å². The minimum absolute atomic E-state index is 0.00254. The zero-order valence-electron chi connectivity index (χ0n) is 17.2. The number of carbonyl (C=O) groups excluding carboxylic acids is 3. The van der Waals surface area contributed by atoms with Gasteiger partial charge in [-0.05, 0) is 37.5 Å². The van der Waals surface area contributed by atoms with E-state index in [4.69, 9.17) is 5.73 Å². The molecule has 1 aromatic carbocycles. The molecule has 1 fully saturated rings. The van der Waals surface area contributed by atoms with Crippen molar-refractivity contribution in [1.82, 2.24) is 15.5 Å². The SMILES string of the molecule is CC(O)C(N)C(=O)N1CCCC1C(=O)NCC(=O)NC(Cc1ccc(O)cc1)C(=O)O. The summed E-state index contributed by atoms with van der Waals surface area (Å²) in [6.07, 6.45) is -0.0954. The minimum Gasteiger partial charge on any atom is -0.508 e. The van der Waals surface area contributed by atoms with E-state index in [9.17, 15) is 34.5 Å². The Bertz CT molecular complexity index is 812. The minimum atomic E-state index is -1.24. The van der Waals surface area contributed by atoms with E-state index in [-0.39, 0.29) is 12.2 Å². The average molecular weight is 436 g/mol. The lowest BCUT2D eigenvalue weighted by atomic mass is 10.1. The average Bonchev–Trinajstić information content (AvgIpc) is 3.21. The Kier molecular flexibility index (Phi) is 8.34. The molecule has 11 heteroatoms. The van der Waals surface area contributed by atoms with Gasteiger partial charge in [-0.2, -0.15) is 0 Å². The van der Waals surface area contributed by atoms with Crippen LogP contribution >= 0.6 is 0 Å². The van der Waals surface area contributed by atoms with Gasteiger partial charge in [0.15, 0.2) is 0 Å². The fraction of sp³-hybridized carbons (Fsp3) is 0.500. The van der Waals surface area contributed by atoms with Crippen LogP contribution in [0.3, 0.4) is 0 Å². The van der Waals surface area contributed by atoms with Gasteiger partial charge in [0, 0.05) is 13.0 Å². The van der Waals surface area contributed by atoms with E-state index in [1.807, 2.05) is 0 Å². The van der Waals surface area contributed by atoms with Crippen molar-refractivity contribution in [1.29, 1.82) is 0 Å². The van der Waals surface area contributed by atoms with E-state index in [1.54, 1.807) is 12.1 Å². The number of carboxylic acid groups (broad SMARTS) is 1. The van der Waals surface area contributed by atoms with Gasteiger partial charge in [0.25, 0.3) is 0 Å². The second-order valence-electron chi connectivity index (χ2n) is 7.50. The normalized spacial score (nSPS) is 18.7. The lowest BCUT2D eigenvalue weighted by molar-refractivity contribution is -0.142. The summed E-state index contributed by atoms with van der Waals surface area (Å²) >= 11 is 0. The molecule has 4 atom stereocenters. The molecular formula is C20H28N4O7. The van der Waals surface area contributed by atoms with Gasteiger partial charge in [0.1, 0.15) is 23.9 Å². The van der Waals surface area contributed by atoms with Gasteiger partial charge in [-0.1, -0.05) is 12.1 Å². The first-order valence-electron chi connectivity index (χ1n) is 9.92. The number of benzene rings is 1. The van der Waals surface area contributed by atoms with Crippen LogP contribution in [0.1, 0.15) is 25.3 Å². The Hall–Kier alpha value is -3.18. The third-order valence-electron chi connectivity index (χ3n) is 5.08. The second-order valence-corrected chi connectivity index (χ2v) is 7.50. The van der Waals surface area contributed by atoms with Gasteiger partial charge in [-0.15, -0.1) is 0 Å². The number of phenolic OH excluding ortho intramolecular Hbond substituents is 1. The first-order valence-corrected chi connectivity index (χ1v) is 9.92. The molecule has 170 valence electrons. The molecule has 1 saturated heterocycles. The van der Waals surface area contributed by atoms with Crippen LogP contribution in [0.2, 0.25) is 0 Å². The predicted molar refractivity (Wildman–Crippen MR) is 109 cm³/mol. The monoisotopic (exact) mass is 436 g/mol. The van der Waals surface area contributed by atoms with Gasteiger partial charge in [-0.3, -0.25) is 14.4 Å². The molecule has 1 aliphatic rings. The van der Waals surface area contributed by atoms with Crippen molar-refractivity contribution in [3.05, 3.63) is 29.8 Å². The van der Waals surface area contributed by atoms with E-state index < -0.39 is 54.5 Å². The van der Waals surface area contributed by atoms with E-state index in [1.165, 1.54) is 24.0 Å². The molecule has 31 heavy (non-hydrogen) atoms. The standard InChI is InChI=1S/C20H28N4O7/c1-11(25)17(21)19(29)24-8-2-3-15(24)18(28)22-10-16(27)23-14(20(30)31)9-12-4-6-13(26)7-5-12/h4-7,11,14-15,17,25-26H,2-3,8-10,21H2,1H3,(H,22,28)(H,23,27)(H,30,31). The maximum absolute atomic E-state index is 12.5. The Labute approximate surface area is 179 Å². The summed E-state index contributed by atoms with van der Waals surface area (Å²) in [5.74, 6) is -3.00. The van der Waals surface area contributed by atoms with Gasteiger partial charge in [0.05, 0.1) is 12.6 Å². The Morgan fingerprint density at radius 3 is 2.45 bits per heavy atom. The number of rotatable bonds is 9. The molecule has 11 nitrogen and oxygen atoms in total. The number of nitrogens with zero attached hydrogens (tertiary/aromatic N) is 1. The first kappa shape index (κ1) is 24.1. The number of carbonyl (C=O) groups is 4. The van der Waals surface area contributed by atoms with Crippen molar-refractivity contribution in [3.63, 3.8) is 0 Å². The quantitative estimate of drug-likeness (QED) is 0.265. The van der Waals surface area contributed by atoms with Gasteiger partial charge >= 0.3 is 5.97 Å². The number of aliphatic carboxylic acids is 1. The van der Waals surface area contributed by atoms with Crippen LogP contribution in [0, 0.1) is 0 Å². The van der Waals surface area contributed by atoms with Crippen LogP contribution in [-0.2, 0) is 25.6 Å². The number of phenols is 1. The Morgan fingerprint density at radius 2 is 1.87 bits per heavy atom. The zero-order valence-corrected chi connectivity index (χ0v) is 17.2. The highest BCUT2D eigenvalue weighted by molar-refractivity contribution is 5.93. The number of nitrogens with one attached hydrogen (secondary N) is 2. The summed E-state index contributed by atoms with van der Waals surface area (Å²) in [5, 5.41) is 32.9. The molecule has 0 bridgehead atoms. The summed E-state index contributed by atoms with van der Waals surface area (Å²) in [7, 11) is 0. The lowest BCUT2D eigenvalue weighted by Gasteiger charge is -2.27. The molecule has 7 N–H and O–H groups in total. The summed E-state index contributed by atoms with van der Waals surface area (Å²) in [6, 6.07) is 2.74. The van der Waals surface area contributed by atoms with Crippen LogP contribution in [0.5, 0.6) is 5.75 Å². The molecule has 2 rings (SSSR count). The number of carboxylic acids is 1. The maximum Gasteiger partial charge on any atom is 0.326 e. The molecule has 4 unspecified atom stereocenters. The highest BCUT2D eigenvalue weighted by Crippen LogP contribution is 2.19. The number of amides is 3. The van der Waals surface area contributed by atoms with Crippen LogP contribution in [-0.4, -0.2) is 81.2 Å². The van der Waals surface area contributed by atoms with E-state index >= 15 is 0 Å². The Morgan fingerprint density at radius 1 is 1.23 bits per heavy atom. The number of hydrogen-bond acceptors (Lipinski definition) is 7. The second kappa shape index (κ2) is 10.7. The van der Waals surface area contributed by atoms with Gasteiger partial charge in [0.2, 0.25) is 17.7 Å². The van der Waals surface area contributed by atoms with Crippen molar-refractivity contribution in [2.45, 2.75) is 50.4 Å². The smallest absolute Gasteiger partial charge is 0.326 e. The van der Waals surface area contributed by atoms with E-state index in [0.29, 0.717) is 24.9 Å². The summed E-state index contributed by atoms with van der Waals surface area (Å²) in [6.45, 7) is 1.24. The molecule has 1 aliphatic heterocycles. The topological polar surface area (TPSA) is 182 Å². The van der Waals surface area contributed by atoms with Crippen LogP contribution in [0.15, 0.2) is 24.3 Å². The molecule has 0 spiro atoms. The van der Waals surface area contributed by atoms with E-state index in [2.05, 4.69) is 10.6 Å². The van der Waals surface area contributed by atoms with Crippen LogP contribution in [0.4, 0.5) is 0 Å². The predicted octanol–water partition coefficient (Wildman–Crippen LogP) is -1.68. The maximum atomic E-state index is 12.5. The van der Waals surface area contributed by atoms with E-state index in [0.717, 1.165) is 0 Å². The largest absolute Gasteiger partial charge is 0.508 e. The summed E-state index contributed by atoms with van der Waals surface area (Å²) < 4.78 is 0. The third-order valence-corrected chi connectivity index (χ3v) is 5.08. The van der Waals surface area contributed by atoms with Crippen molar-refractivity contribution in [2.24, 2.45) is 5.73 Å². The Balaban J connectivity index is 1.89. The highest BCUT2D eigenvalue weighted by atomic mass is 16.4. The van der Waals surface area contributed by atoms with Crippen LogP contribution in [0.25, 0.3) is 0 Å². The molecular weight excluding hydrogens is 408 g/mol. The number of aliphatic hydroxyl groups excluding tert-OH is 1. The summed E-state index contributed by atoms with van der Waals surface area (Å²) in [4.78, 5) is 49.7. The highest BCUT2D eigenvalue weighted by Gasteiger charge is 2.37. The van der Waals surface area contributed by atoms with Crippen molar-refractivity contribution < 1.29 is 34.5 Å². The molecule has 1 heterocycles. The number of nitrogens with two attached hydrogens (primary N) is 1. The molecule has 1 aromatic rings. The first-order chi connectivity index (χ1) is 14.6. The zero-order chi connectivity index (χ0) is 23.1. The lowest BCUT2D eigenvalue weighted by Crippen LogP contribution is -2.55. The molecule has 0 aromatic heterocycles. The van der Waals surface area contributed by atoms with Crippen molar-refractivity contribution in [3.8, 4) is 5.75 Å². The molecule has 0 aliphatic carbocycles. The van der Waals surface area contributed by atoms with Crippen LogP contribution < -0.4 is 16.4 Å². The number of hydrogen-bond donors (Lipinski definition) is 6. The number of likely N-dealkylation sites (tertiary alicyclic amines) is 1. The fourth-order valence-corrected chi connectivity index (χ4v) is 3.30. The summed E-state index contributed by atoms with van der Waals surface area (Å²) in [5.41, 5.74) is 6.27.